The molecule has 1 aliphatic carbocycles. The third-order valence-corrected chi connectivity index (χ3v) is 2.90. The van der Waals surface area contributed by atoms with Crippen LogP contribution in [0.2, 0.25) is 0 Å². The fraction of sp³-hybridized carbons (Fsp3) is 0.400. The number of rotatable bonds is 3. The van der Waals surface area contributed by atoms with Crippen molar-refractivity contribution >= 4 is 22.4 Å². The molecule has 1 aromatic heterocycles. The van der Waals surface area contributed by atoms with Gasteiger partial charge in [0.15, 0.2) is 5.13 Å². The minimum absolute atomic E-state index is 0.151. The van der Waals surface area contributed by atoms with Crippen LogP contribution in [-0.4, -0.2) is 10.9 Å². The lowest BCUT2D eigenvalue weighted by atomic mass is 10.3. The second-order valence-corrected chi connectivity index (χ2v) is 4.44. The average Bonchev–Trinajstić information content (AvgIpc) is 2.88. The Balaban J connectivity index is 2.02. The molecule has 0 unspecified atom stereocenters. The van der Waals surface area contributed by atoms with Crippen molar-refractivity contribution in [1.82, 2.24) is 4.98 Å². The minimum Gasteiger partial charge on any atom is -0.298 e. The molecule has 1 aliphatic rings. The van der Waals surface area contributed by atoms with E-state index >= 15 is 0 Å². The summed E-state index contributed by atoms with van der Waals surface area (Å²) in [6, 6.07) is 0. The van der Waals surface area contributed by atoms with Crippen LogP contribution in [-0.2, 0) is 4.79 Å². The Hall–Kier alpha value is -1.16. The van der Waals surface area contributed by atoms with E-state index in [-0.39, 0.29) is 5.91 Å². The predicted octanol–water partition coefficient (Wildman–Crippen LogP) is 2.54. The van der Waals surface area contributed by atoms with Gasteiger partial charge in [0, 0.05) is 16.9 Å². The molecule has 1 heterocycles. The van der Waals surface area contributed by atoms with Gasteiger partial charge < -0.3 is 0 Å². The summed E-state index contributed by atoms with van der Waals surface area (Å²) >= 11 is 1.48. The number of hydrogen-bond donors (Lipinski definition) is 1. The van der Waals surface area contributed by atoms with E-state index in [0.29, 0.717) is 16.6 Å². The zero-order chi connectivity index (χ0) is 10.1. The van der Waals surface area contributed by atoms with Gasteiger partial charge in [-0.25, -0.2) is 4.98 Å². The minimum atomic E-state index is -0.151. The largest absolute Gasteiger partial charge is 0.298 e. The van der Waals surface area contributed by atoms with E-state index in [4.69, 9.17) is 0 Å². The molecule has 1 aromatic rings. The van der Waals surface area contributed by atoms with Crippen molar-refractivity contribution in [1.29, 1.82) is 0 Å². The van der Waals surface area contributed by atoms with Crippen molar-refractivity contribution in [2.45, 2.75) is 25.7 Å². The van der Waals surface area contributed by atoms with Gasteiger partial charge in [-0.05, 0) is 19.8 Å². The van der Waals surface area contributed by atoms with Crippen LogP contribution in [0.5, 0.6) is 0 Å². The highest BCUT2D eigenvalue weighted by Crippen LogP contribution is 2.40. The van der Waals surface area contributed by atoms with E-state index in [1.54, 1.807) is 6.92 Å². The maximum atomic E-state index is 11.3. The lowest BCUT2D eigenvalue weighted by molar-refractivity contribution is -0.112. The molecule has 0 aliphatic heterocycles. The number of nitrogens with one attached hydrogen (secondary N) is 1. The second kappa shape index (κ2) is 3.53. The Bertz CT molecular complexity index is 379. The van der Waals surface area contributed by atoms with E-state index in [1.165, 1.54) is 24.2 Å². The summed E-state index contributed by atoms with van der Waals surface area (Å²) in [5.41, 5.74) is 1.63. The normalized spacial score (nSPS) is 15.2. The number of nitrogens with zero attached hydrogens (tertiary/aromatic N) is 1. The van der Waals surface area contributed by atoms with Crippen molar-refractivity contribution in [3.63, 3.8) is 0 Å². The van der Waals surface area contributed by atoms with E-state index in [1.807, 2.05) is 5.38 Å². The molecule has 1 fully saturated rings. The van der Waals surface area contributed by atoms with Gasteiger partial charge in [0.25, 0.3) is 5.91 Å². The average molecular weight is 208 g/mol. The van der Waals surface area contributed by atoms with E-state index in [2.05, 4.69) is 16.9 Å². The molecule has 2 rings (SSSR count). The second-order valence-electron chi connectivity index (χ2n) is 3.59. The van der Waals surface area contributed by atoms with Crippen LogP contribution in [0.25, 0.3) is 0 Å². The number of anilines is 1. The number of thiazole rings is 1. The van der Waals surface area contributed by atoms with Crippen LogP contribution in [0.1, 0.15) is 31.4 Å². The van der Waals surface area contributed by atoms with Crippen molar-refractivity contribution in [2.24, 2.45) is 0 Å². The fourth-order valence-electron chi connectivity index (χ4n) is 1.11. The number of carbonyl (C=O) groups is 1. The van der Waals surface area contributed by atoms with Gasteiger partial charge >= 0.3 is 0 Å². The molecular weight excluding hydrogens is 196 g/mol. The monoisotopic (exact) mass is 208 g/mol. The number of aromatic nitrogens is 1. The summed E-state index contributed by atoms with van der Waals surface area (Å²) in [5.74, 6) is 0.489. The Kier molecular flexibility index (Phi) is 2.37. The van der Waals surface area contributed by atoms with Gasteiger partial charge in [0.2, 0.25) is 0 Å². The Morgan fingerprint density at radius 1 is 1.71 bits per heavy atom. The van der Waals surface area contributed by atoms with Crippen LogP contribution in [0.4, 0.5) is 5.13 Å². The lowest BCUT2D eigenvalue weighted by Gasteiger charge is -1.98. The van der Waals surface area contributed by atoms with Crippen LogP contribution in [0.3, 0.4) is 0 Å². The van der Waals surface area contributed by atoms with Crippen LogP contribution in [0, 0.1) is 0 Å². The molecule has 14 heavy (non-hydrogen) atoms. The highest BCUT2D eigenvalue weighted by Gasteiger charge is 2.26. The fourth-order valence-corrected chi connectivity index (χ4v) is 1.90. The van der Waals surface area contributed by atoms with E-state index in [9.17, 15) is 4.79 Å². The summed E-state index contributed by atoms with van der Waals surface area (Å²) in [6.07, 6.45) is 2.47. The highest BCUT2D eigenvalue weighted by atomic mass is 32.1. The Morgan fingerprint density at radius 3 is 3.00 bits per heavy atom. The molecule has 4 heteroatoms. The maximum absolute atomic E-state index is 11.3. The first-order chi connectivity index (χ1) is 6.66. The SMILES string of the molecule is C=C(C)C(=O)Nc1nc(C2CC2)cs1. The van der Waals surface area contributed by atoms with E-state index < -0.39 is 0 Å². The van der Waals surface area contributed by atoms with Crippen molar-refractivity contribution in [2.75, 3.05) is 5.32 Å². The van der Waals surface area contributed by atoms with Crippen molar-refractivity contribution < 1.29 is 4.79 Å². The molecule has 0 atom stereocenters. The topological polar surface area (TPSA) is 42.0 Å². The number of hydrogen-bond acceptors (Lipinski definition) is 3. The van der Waals surface area contributed by atoms with Crippen LogP contribution in [0.15, 0.2) is 17.5 Å². The molecule has 0 aromatic carbocycles. The van der Waals surface area contributed by atoms with Crippen molar-refractivity contribution in [3.8, 4) is 0 Å². The lowest BCUT2D eigenvalue weighted by Crippen LogP contribution is -2.11. The van der Waals surface area contributed by atoms with Gasteiger partial charge in [0.05, 0.1) is 5.69 Å². The molecule has 0 bridgehead atoms. The zero-order valence-corrected chi connectivity index (χ0v) is 8.86. The summed E-state index contributed by atoms with van der Waals surface area (Å²) in [7, 11) is 0. The zero-order valence-electron chi connectivity index (χ0n) is 8.04. The van der Waals surface area contributed by atoms with Gasteiger partial charge in [-0.15, -0.1) is 11.3 Å². The molecule has 1 saturated carbocycles. The molecule has 1 amide bonds. The smallest absolute Gasteiger partial charge is 0.252 e. The van der Waals surface area contributed by atoms with Gasteiger partial charge in [-0.2, -0.15) is 0 Å². The maximum Gasteiger partial charge on any atom is 0.252 e. The van der Waals surface area contributed by atoms with Gasteiger partial charge in [0.1, 0.15) is 0 Å². The van der Waals surface area contributed by atoms with Gasteiger partial charge in [-0.1, -0.05) is 6.58 Å². The first kappa shape index (κ1) is 9.40. The highest BCUT2D eigenvalue weighted by molar-refractivity contribution is 7.14. The molecule has 74 valence electrons. The molecule has 0 spiro atoms. The van der Waals surface area contributed by atoms with E-state index in [0.717, 1.165) is 5.69 Å². The molecule has 0 saturated heterocycles. The Morgan fingerprint density at radius 2 is 2.43 bits per heavy atom. The summed E-state index contributed by atoms with van der Waals surface area (Å²) in [6.45, 7) is 5.26. The Labute approximate surface area is 86.9 Å². The molecule has 1 N–H and O–H groups in total. The summed E-state index contributed by atoms with van der Waals surface area (Å²) in [5, 5.41) is 5.41. The number of amides is 1. The van der Waals surface area contributed by atoms with Crippen LogP contribution < -0.4 is 5.32 Å². The number of carbonyl (C=O) groups excluding carboxylic acids is 1. The quantitative estimate of drug-likeness (QED) is 0.775. The van der Waals surface area contributed by atoms with Crippen LogP contribution >= 0.6 is 11.3 Å². The molecule has 0 radical (unpaired) electrons. The third-order valence-electron chi connectivity index (χ3n) is 2.13. The van der Waals surface area contributed by atoms with Gasteiger partial charge in [-0.3, -0.25) is 10.1 Å². The predicted molar refractivity (Wildman–Crippen MR) is 57.5 cm³/mol. The summed E-state index contributed by atoms with van der Waals surface area (Å²) < 4.78 is 0. The first-order valence-corrected chi connectivity index (χ1v) is 5.47. The summed E-state index contributed by atoms with van der Waals surface area (Å²) in [4.78, 5) is 15.6. The molecule has 3 nitrogen and oxygen atoms in total. The third kappa shape index (κ3) is 2.01. The standard InChI is InChI=1S/C10H12N2OS/c1-6(2)9(13)12-10-11-8(5-14-10)7-3-4-7/h5,7H,1,3-4H2,2H3,(H,11,12,13). The van der Waals surface area contributed by atoms with Crippen molar-refractivity contribution in [3.05, 3.63) is 23.2 Å². The molecular formula is C10H12N2OS. The first-order valence-electron chi connectivity index (χ1n) is 4.59.